The number of carboxylic acids is 1. The summed E-state index contributed by atoms with van der Waals surface area (Å²) in [5.41, 5.74) is 1.49. The Bertz CT molecular complexity index is 971. The molecule has 0 saturated carbocycles. The Hall–Kier alpha value is -2.58. The molecule has 28 heavy (non-hydrogen) atoms. The van der Waals surface area contributed by atoms with E-state index in [4.69, 9.17) is 0 Å². The summed E-state index contributed by atoms with van der Waals surface area (Å²) >= 11 is 2.66. The molecule has 0 aliphatic carbocycles. The third-order valence-corrected chi connectivity index (χ3v) is 5.47. The van der Waals surface area contributed by atoms with E-state index in [9.17, 15) is 14.3 Å². The van der Waals surface area contributed by atoms with Gasteiger partial charge in [-0.25, -0.2) is 19.2 Å². The second-order valence-electron chi connectivity index (χ2n) is 5.76. The Kier molecular flexibility index (Phi) is 6.89. The van der Waals surface area contributed by atoms with Crippen LogP contribution in [0.1, 0.15) is 21.5 Å². The molecule has 5 nitrogen and oxygen atoms in total. The van der Waals surface area contributed by atoms with Crippen LogP contribution < -0.4 is 5.32 Å². The maximum atomic E-state index is 13.9. The molecule has 0 atom stereocenters. The maximum absolute atomic E-state index is 13.9. The molecule has 3 rings (SSSR count). The zero-order valence-electron chi connectivity index (χ0n) is 15.1. The highest BCUT2D eigenvalue weighted by molar-refractivity contribution is 7.99. The molecule has 144 valence electrons. The van der Waals surface area contributed by atoms with Gasteiger partial charge in [-0.2, -0.15) is 0 Å². The van der Waals surface area contributed by atoms with E-state index in [-0.39, 0.29) is 23.7 Å². The van der Waals surface area contributed by atoms with Gasteiger partial charge in [0.05, 0.1) is 0 Å². The average molecular weight is 416 g/mol. The lowest BCUT2D eigenvalue weighted by molar-refractivity contribution is 0.0692. The fourth-order valence-electron chi connectivity index (χ4n) is 2.48. The first-order valence-corrected chi connectivity index (χ1v) is 10.6. The van der Waals surface area contributed by atoms with Crippen LogP contribution >= 0.6 is 23.5 Å². The van der Waals surface area contributed by atoms with Gasteiger partial charge in [-0.05, 0) is 17.9 Å². The normalized spacial score (nSPS) is 10.6. The highest BCUT2D eigenvalue weighted by atomic mass is 32.2. The molecule has 3 aromatic rings. The van der Waals surface area contributed by atoms with E-state index in [0.29, 0.717) is 21.5 Å². The lowest BCUT2D eigenvalue weighted by Gasteiger charge is -2.13. The van der Waals surface area contributed by atoms with Crippen molar-refractivity contribution in [2.24, 2.45) is 0 Å². The number of benzene rings is 2. The highest BCUT2D eigenvalue weighted by Crippen LogP contribution is 2.31. The number of carboxylic acid groups (broad SMARTS) is 1. The molecule has 0 unspecified atom stereocenters. The molecule has 1 aromatic heterocycles. The van der Waals surface area contributed by atoms with Gasteiger partial charge in [0.25, 0.3) is 0 Å². The number of aromatic nitrogens is 2. The van der Waals surface area contributed by atoms with Crippen LogP contribution in [0.15, 0.2) is 64.8 Å². The lowest BCUT2D eigenvalue weighted by atomic mass is 10.2. The van der Waals surface area contributed by atoms with Crippen molar-refractivity contribution in [2.75, 3.05) is 11.6 Å². The summed E-state index contributed by atoms with van der Waals surface area (Å²) in [5, 5.41) is 13.5. The van der Waals surface area contributed by atoms with Crippen molar-refractivity contribution in [1.29, 1.82) is 0 Å². The van der Waals surface area contributed by atoms with E-state index in [1.807, 2.05) is 36.6 Å². The minimum atomic E-state index is -1.13. The van der Waals surface area contributed by atoms with Crippen LogP contribution in [-0.4, -0.2) is 27.3 Å². The largest absolute Gasteiger partial charge is 0.477 e. The summed E-state index contributed by atoms with van der Waals surface area (Å²) in [7, 11) is 0. The number of halogens is 1. The third-order valence-electron chi connectivity index (χ3n) is 3.87. The van der Waals surface area contributed by atoms with Crippen molar-refractivity contribution in [2.45, 2.75) is 22.5 Å². The molecule has 2 N–H and O–H groups in total. The fraction of sp³-hybridized carbons (Fsp3) is 0.150. The van der Waals surface area contributed by atoms with E-state index in [2.05, 4.69) is 15.3 Å². The molecule has 0 bridgehead atoms. The number of nitrogens with one attached hydrogen (secondary N) is 1. The molecule has 0 fully saturated rings. The predicted octanol–water partition coefficient (Wildman–Crippen LogP) is 4.94. The van der Waals surface area contributed by atoms with Gasteiger partial charge in [-0.15, -0.1) is 11.8 Å². The standard InChI is InChI=1S/C20H18FN3O2S2/c1-27-20-23-17(22-11-14-9-5-6-10-15(14)21)16(19(25)26)18(24-20)28-12-13-7-3-2-4-8-13/h2-10H,11-12H2,1H3,(H,25,26)(H,22,23,24). The topological polar surface area (TPSA) is 75.1 Å². The Balaban J connectivity index is 1.89. The first kappa shape index (κ1) is 20.2. The number of aromatic carboxylic acids is 1. The van der Waals surface area contributed by atoms with Gasteiger partial charge in [0.15, 0.2) is 5.16 Å². The number of anilines is 1. The van der Waals surface area contributed by atoms with Crippen LogP contribution in [-0.2, 0) is 12.3 Å². The number of carbonyl (C=O) groups is 1. The quantitative estimate of drug-likeness (QED) is 0.307. The monoisotopic (exact) mass is 415 g/mol. The average Bonchev–Trinajstić information content (AvgIpc) is 2.71. The molecule has 0 spiro atoms. The molecular weight excluding hydrogens is 397 g/mol. The van der Waals surface area contributed by atoms with Crippen LogP contribution in [0.3, 0.4) is 0 Å². The van der Waals surface area contributed by atoms with Crippen molar-refractivity contribution in [1.82, 2.24) is 9.97 Å². The SMILES string of the molecule is CSc1nc(NCc2ccccc2F)c(C(=O)O)c(SCc2ccccc2)n1. The molecule has 0 radical (unpaired) electrons. The van der Waals surface area contributed by atoms with Crippen LogP contribution in [0.4, 0.5) is 10.2 Å². The van der Waals surface area contributed by atoms with Crippen molar-refractivity contribution < 1.29 is 14.3 Å². The second-order valence-corrected chi connectivity index (χ2v) is 7.50. The van der Waals surface area contributed by atoms with Crippen LogP contribution in [0, 0.1) is 5.82 Å². The Morgan fingerprint density at radius 1 is 1.11 bits per heavy atom. The summed E-state index contributed by atoms with van der Waals surface area (Å²) in [6.45, 7) is 0.126. The van der Waals surface area contributed by atoms with Gasteiger partial charge < -0.3 is 10.4 Å². The summed E-state index contributed by atoms with van der Waals surface area (Å²) in [4.78, 5) is 20.6. The molecule has 0 aliphatic rings. The van der Waals surface area contributed by atoms with E-state index in [1.165, 1.54) is 29.6 Å². The Morgan fingerprint density at radius 2 is 1.82 bits per heavy atom. The Morgan fingerprint density at radius 3 is 2.50 bits per heavy atom. The van der Waals surface area contributed by atoms with E-state index in [1.54, 1.807) is 18.2 Å². The Labute approximate surface area is 170 Å². The third kappa shape index (κ3) is 5.02. The van der Waals surface area contributed by atoms with Gasteiger partial charge in [-0.1, -0.05) is 60.3 Å². The van der Waals surface area contributed by atoms with Crippen LogP contribution in [0.2, 0.25) is 0 Å². The minimum Gasteiger partial charge on any atom is -0.477 e. The number of hydrogen-bond acceptors (Lipinski definition) is 6. The molecule has 1 heterocycles. The van der Waals surface area contributed by atoms with Crippen molar-refractivity contribution >= 4 is 35.3 Å². The van der Waals surface area contributed by atoms with Gasteiger partial charge in [0.2, 0.25) is 0 Å². The van der Waals surface area contributed by atoms with E-state index >= 15 is 0 Å². The maximum Gasteiger partial charge on any atom is 0.342 e. The van der Waals surface area contributed by atoms with Gasteiger partial charge >= 0.3 is 5.97 Å². The van der Waals surface area contributed by atoms with E-state index < -0.39 is 5.97 Å². The van der Waals surface area contributed by atoms with Gasteiger partial charge in [-0.3, -0.25) is 0 Å². The van der Waals surface area contributed by atoms with Crippen LogP contribution in [0.25, 0.3) is 0 Å². The van der Waals surface area contributed by atoms with Crippen molar-refractivity contribution in [3.8, 4) is 0 Å². The van der Waals surface area contributed by atoms with E-state index in [0.717, 1.165) is 5.56 Å². The smallest absolute Gasteiger partial charge is 0.342 e. The second kappa shape index (κ2) is 9.57. The zero-order valence-corrected chi connectivity index (χ0v) is 16.7. The van der Waals surface area contributed by atoms with Gasteiger partial charge in [0.1, 0.15) is 22.2 Å². The number of hydrogen-bond donors (Lipinski definition) is 2. The lowest BCUT2D eigenvalue weighted by Crippen LogP contribution is -2.12. The molecule has 0 amide bonds. The summed E-state index contributed by atoms with van der Waals surface area (Å²) in [6.07, 6.45) is 1.82. The molecular formula is C20H18FN3O2S2. The first-order valence-electron chi connectivity index (χ1n) is 8.42. The molecule has 0 saturated heterocycles. The summed E-state index contributed by atoms with van der Waals surface area (Å²) in [6, 6.07) is 16.1. The minimum absolute atomic E-state index is 0.00456. The predicted molar refractivity (Wildman–Crippen MR) is 111 cm³/mol. The molecule has 0 aliphatic heterocycles. The number of thioether (sulfide) groups is 2. The molecule has 8 heteroatoms. The van der Waals surface area contributed by atoms with Gasteiger partial charge in [0, 0.05) is 17.9 Å². The fourth-order valence-corrected chi connectivity index (χ4v) is 3.88. The first-order chi connectivity index (χ1) is 13.6. The zero-order chi connectivity index (χ0) is 19.9. The number of rotatable bonds is 8. The summed E-state index contributed by atoms with van der Waals surface area (Å²) in [5.74, 6) is -0.715. The van der Waals surface area contributed by atoms with Crippen molar-refractivity contribution in [3.63, 3.8) is 0 Å². The highest BCUT2D eigenvalue weighted by Gasteiger charge is 2.21. The van der Waals surface area contributed by atoms with Crippen LogP contribution in [0.5, 0.6) is 0 Å². The van der Waals surface area contributed by atoms with Crippen molar-refractivity contribution in [3.05, 3.63) is 77.1 Å². The number of nitrogens with zero attached hydrogens (tertiary/aromatic N) is 2. The molecule has 2 aromatic carbocycles. The summed E-state index contributed by atoms with van der Waals surface area (Å²) < 4.78 is 13.9.